The van der Waals surface area contributed by atoms with Crippen LogP contribution in [-0.2, 0) is 17.5 Å². The summed E-state index contributed by atoms with van der Waals surface area (Å²) in [6, 6.07) is 4.54. The van der Waals surface area contributed by atoms with Gasteiger partial charge in [0.25, 0.3) is 0 Å². The number of aliphatic carboxylic acids is 1. The van der Waals surface area contributed by atoms with E-state index in [0.29, 0.717) is 23.9 Å². The number of rotatable bonds is 9. The molecule has 3 aliphatic rings. The average Bonchev–Trinajstić information content (AvgIpc) is 3.25. The topological polar surface area (TPSA) is 90.6 Å². The van der Waals surface area contributed by atoms with Crippen LogP contribution in [0.2, 0.25) is 0 Å². The number of nitrogens with zero attached hydrogens (tertiary/aromatic N) is 8. The van der Waals surface area contributed by atoms with Crippen LogP contribution >= 0.6 is 0 Å². The molecule has 0 amide bonds. The number of carbonyl (C=O) groups is 1. The summed E-state index contributed by atoms with van der Waals surface area (Å²) >= 11 is 0. The van der Waals surface area contributed by atoms with E-state index in [4.69, 9.17) is 9.98 Å². The molecule has 13 heteroatoms. The van der Waals surface area contributed by atoms with Crippen LogP contribution in [0.15, 0.2) is 39.2 Å². The van der Waals surface area contributed by atoms with E-state index < -0.39 is 29.9 Å². The summed E-state index contributed by atoms with van der Waals surface area (Å²) < 4.78 is 38.9. The summed E-state index contributed by atoms with van der Waals surface area (Å²) in [5, 5.41) is 9.36. The van der Waals surface area contributed by atoms with Crippen molar-refractivity contribution in [3.05, 3.63) is 35.4 Å². The number of carboxylic acid groups (broad SMARTS) is 1. The second kappa shape index (κ2) is 11.8. The van der Waals surface area contributed by atoms with Gasteiger partial charge in [0.1, 0.15) is 18.0 Å². The van der Waals surface area contributed by atoms with Gasteiger partial charge in [-0.15, -0.1) is 0 Å². The fourth-order valence-corrected chi connectivity index (χ4v) is 4.81. The van der Waals surface area contributed by atoms with E-state index in [1.54, 1.807) is 23.2 Å². The normalized spacial score (nSPS) is 22.2. The van der Waals surface area contributed by atoms with Gasteiger partial charge in [-0.2, -0.15) is 18.2 Å². The minimum absolute atomic E-state index is 0.209. The molecule has 0 saturated carbocycles. The summed E-state index contributed by atoms with van der Waals surface area (Å²) in [5.41, 5.74) is -0.0199. The van der Waals surface area contributed by atoms with E-state index in [9.17, 15) is 23.1 Å². The molecular formula is C25H35F3N8O2. The quantitative estimate of drug-likeness (QED) is 0.513. The third-order valence-corrected chi connectivity index (χ3v) is 6.88. The van der Waals surface area contributed by atoms with Gasteiger partial charge in [0, 0.05) is 26.2 Å². The van der Waals surface area contributed by atoms with E-state index in [1.165, 1.54) is 12.1 Å². The van der Waals surface area contributed by atoms with Gasteiger partial charge in [-0.3, -0.25) is 19.6 Å². The number of fused-ring (bicyclic) bond motifs is 1. The Balaban J connectivity index is 1.49. The highest BCUT2D eigenvalue weighted by atomic mass is 19.4. The molecular weight excluding hydrogens is 501 g/mol. The van der Waals surface area contributed by atoms with Crippen LogP contribution in [0.4, 0.5) is 13.2 Å². The van der Waals surface area contributed by atoms with Crippen molar-refractivity contribution in [3.8, 4) is 0 Å². The molecule has 10 nitrogen and oxygen atoms in total. The maximum Gasteiger partial charge on any atom is 0.416 e. The number of alkyl halides is 3. The molecule has 1 saturated heterocycles. The predicted octanol–water partition coefficient (Wildman–Crippen LogP) is 1.60. The molecule has 0 bridgehead atoms. The van der Waals surface area contributed by atoms with Gasteiger partial charge >= 0.3 is 12.1 Å². The number of halogens is 3. The van der Waals surface area contributed by atoms with Gasteiger partial charge in [-0.25, -0.2) is 4.99 Å². The molecule has 0 radical (unpaired) electrons. The van der Waals surface area contributed by atoms with Gasteiger partial charge in [0.05, 0.1) is 25.0 Å². The number of amidine groups is 1. The third kappa shape index (κ3) is 6.88. The first kappa shape index (κ1) is 28.0. The first-order chi connectivity index (χ1) is 18.0. The number of benzene rings is 1. The van der Waals surface area contributed by atoms with Crippen molar-refractivity contribution in [3.63, 3.8) is 0 Å². The molecule has 3 heterocycles. The fraction of sp³-hybridized carbons (Fsp3) is 0.600. The molecule has 2 atom stereocenters. The maximum atomic E-state index is 13.0. The van der Waals surface area contributed by atoms with Gasteiger partial charge in [0.15, 0.2) is 0 Å². The summed E-state index contributed by atoms with van der Waals surface area (Å²) in [7, 11) is 5.83. The van der Waals surface area contributed by atoms with Gasteiger partial charge < -0.3 is 19.8 Å². The van der Waals surface area contributed by atoms with Crippen molar-refractivity contribution in [2.45, 2.75) is 31.3 Å². The highest BCUT2D eigenvalue weighted by Gasteiger charge is 2.40. The average molecular weight is 537 g/mol. The SMILES string of the molecule is CN(C)CCCN1CCN(C2=NC(N(C)CC(=O)O)C3N=CN(Cc4ccc(C(F)(F)F)cc4)C3=N2)CC1. The molecule has 0 aliphatic carbocycles. The summed E-state index contributed by atoms with van der Waals surface area (Å²) in [6.07, 6.45) is -2.24. The number of likely N-dealkylation sites (N-methyl/N-ethyl adjacent to an activating group) is 1. The largest absolute Gasteiger partial charge is 0.480 e. The van der Waals surface area contributed by atoms with Crippen molar-refractivity contribution >= 4 is 24.1 Å². The van der Waals surface area contributed by atoms with Crippen LogP contribution < -0.4 is 0 Å². The van der Waals surface area contributed by atoms with Crippen molar-refractivity contribution in [1.82, 2.24) is 24.5 Å². The Morgan fingerprint density at radius 1 is 1.11 bits per heavy atom. The minimum atomic E-state index is -4.39. The van der Waals surface area contributed by atoms with E-state index in [2.05, 4.69) is 33.8 Å². The Labute approximate surface area is 220 Å². The van der Waals surface area contributed by atoms with Crippen LogP contribution in [0.1, 0.15) is 17.5 Å². The molecule has 1 fully saturated rings. The van der Waals surface area contributed by atoms with Crippen LogP contribution in [0.5, 0.6) is 0 Å². The van der Waals surface area contributed by atoms with Crippen LogP contribution in [-0.4, -0.2) is 133 Å². The van der Waals surface area contributed by atoms with Crippen LogP contribution in [0, 0.1) is 0 Å². The molecule has 0 spiro atoms. The van der Waals surface area contributed by atoms with E-state index in [-0.39, 0.29) is 6.54 Å². The third-order valence-electron chi connectivity index (χ3n) is 6.88. The van der Waals surface area contributed by atoms with Crippen LogP contribution in [0.3, 0.4) is 0 Å². The summed E-state index contributed by atoms with van der Waals surface area (Å²) in [4.78, 5) is 35.8. The minimum Gasteiger partial charge on any atom is -0.480 e. The fourth-order valence-electron chi connectivity index (χ4n) is 4.81. The van der Waals surface area contributed by atoms with Crippen molar-refractivity contribution < 1.29 is 23.1 Å². The second-order valence-corrected chi connectivity index (χ2v) is 10.1. The second-order valence-electron chi connectivity index (χ2n) is 10.1. The zero-order chi connectivity index (χ0) is 27.4. The molecule has 3 aliphatic heterocycles. The monoisotopic (exact) mass is 536 g/mol. The summed E-state index contributed by atoms with van der Waals surface area (Å²) in [5.74, 6) is 0.183. The number of carboxylic acids is 1. The lowest BCUT2D eigenvalue weighted by Gasteiger charge is -2.38. The zero-order valence-corrected chi connectivity index (χ0v) is 22.0. The maximum absolute atomic E-state index is 13.0. The molecule has 1 aromatic carbocycles. The van der Waals surface area contributed by atoms with Crippen molar-refractivity contribution in [1.29, 1.82) is 0 Å². The zero-order valence-electron chi connectivity index (χ0n) is 22.0. The first-order valence-corrected chi connectivity index (χ1v) is 12.7. The molecule has 38 heavy (non-hydrogen) atoms. The van der Waals surface area contributed by atoms with Crippen molar-refractivity contribution in [2.75, 3.05) is 67.0 Å². The van der Waals surface area contributed by atoms with E-state index in [0.717, 1.165) is 57.8 Å². The van der Waals surface area contributed by atoms with E-state index in [1.807, 2.05) is 0 Å². The lowest BCUT2D eigenvalue weighted by atomic mass is 10.1. The summed E-state index contributed by atoms with van der Waals surface area (Å²) in [6.45, 7) is 5.39. The smallest absolute Gasteiger partial charge is 0.416 e. The number of hydrogen-bond acceptors (Lipinski definition) is 9. The molecule has 2 unspecified atom stereocenters. The Hall–Kier alpha value is -3.03. The number of guanidine groups is 1. The first-order valence-electron chi connectivity index (χ1n) is 12.7. The Morgan fingerprint density at radius 3 is 2.39 bits per heavy atom. The van der Waals surface area contributed by atoms with Crippen LogP contribution in [0.25, 0.3) is 0 Å². The Kier molecular flexibility index (Phi) is 8.68. The highest BCUT2D eigenvalue weighted by molar-refractivity contribution is 6.08. The number of piperazine rings is 1. The Bertz CT molecular complexity index is 1070. The molecule has 208 valence electrons. The lowest BCUT2D eigenvalue weighted by Crippen LogP contribution is -2.54. The number of aliphatic imine (C=N–C) groups is 3. The Morgan fingerprint density at radius 2 is 1.79 bits per heavy atom. The van der Waals surface area contributed by atoms with Gasteiger partial charge in [-0.05, 0) is 58.3 Å². The molecule has 4 rings (SSSR count). The lowest BCUT2D eigenvalue weighted by molar-refractivity contribution is -0.139. The molecule has 1 aromatic rings. The van der Waals surface area contributed by atoms with Crippen molar-refractivity contribution in [2.24, 2.45) is 15.0 Å². The molecule has 0 aromatic heterocycles. The van der Waals surface area contributed by atoms with Gasteiger partial charge in [-0.1, -0.05) is 12.1 Å². The van der Waals surface area contributed by atoms with Gasteiger partial charge in [0.2, 0.25) is 5.96 Å². The molecule has 1 N–H and O–H groups in total. The van der Waals surface area contributed by atoms with E-state index >= 15 is 0 Å². The highest BCUT2D eigenvalue weighted by Crippen LogP contribution is 2.30. The number of hydrogen-bond donors (Lipinski definition) is 1. The predicted molar refractivity (Wildman–Crippen MR) is 139 cm³/mol. The standard InChI is InChI=1S/C25H35F3N8O2/c1-32(2)9-4-10-34-11-13-35(14-12-34)24-30-22(33(3)16-20(37)38)21-23(31-24)36(17-29-21)15-18-5-7-19(8-6-18)25(26,27)28/h5-8,17,21-22H,4,9-16H2,1-3H3,(H,37,38).